The van der Waals surface area contributed by atoms with Crippen LogP contribution in [0.15, 0.2) is 61.4 Å². The van der Waals surface area contributed by atoms with E-state index in [-0.39, 0.29) is 11.9 Å². The molecule has 2 atom stereocenters. The standard InChI is InChI=1S/C35H46N8O4/c1-6-35(44)39-28-19-29(32(46-5)20-31(28)41-14-10-25(11-15-41)42-16-12-26(22-42)40(2)3)38-33-21-34(37-23-36-33)43-30(13-17-47-43)24-8-7-9-27(18-24)45-4/h6-9,18-21,23,25-26,30H,1,10-17,22H2,2-5H3,(H,39,44)(H,36,37,38)/t26-,30+/m0/s1. The summed E-state index contributed by atoms with van der Waals surface area (Å²) in [6.45, 7) is 8.29. The van der Waals surface area contributed by atoms with Crippen molar-refractivity contribution in [3.05, 3.63) is 67.0 Å². The molecule has 0 radical (unpaired) electrons. The van der Waals surface area contributed by atoms with Gasteiger partial charge in [0.05, 0.1) is 43.9 Å². The molecule has 0 spiro atoms. The molecule has 1 amide bonds. The van der Waals surface area contributed by atoms with Gasteiger partial charge in [-0.25, -0.2) is 15.0 Å². The van der Waals surface area contributed by atoms with Crippen LogP contribution in [-0.4, -0.2) is 98.9 Å². The number of benzene rings is 2. The molecule has 250 valence electrons. The van der Waals surface area contributed by atoms with Gasteiger partial charge in [-0.3, -0.25) is 14.5 Å². The molecule has 0 saturated carbocycles. The second-order valence-corrected chi connectivity index (χ2v) is 12.5. The average Bonchev–Trinajstić information content (AvgIpc) is 3.80. The molecular formula is C35H46N8O4. The van der Waals surface area contributed by atoms with E-state index in [0.29, 0.717) is 47.5 Å². The summed E-state index contributed by atoms with van der Waals surface area (Å²) < 4.78 is 11.3. The lowest BCUT2D eigenvalue weighted by molar-refractivity contribution is -0.111. The third kappa shape index (κ3) is 7.29. The van der Waals surface area contributed by atoms with Gasteiger partial charge in [0.15, 0.2) is 5.82 Å². The number of nitrogens with one attached hydrogen (secondary N) is 2. The SMILES string of the molecule is C=CC(=O)Nc1cc(Nc2cc(N3OCC[C@@H]3c3cccc(OC)c3)ncn2)c(OC)cc1N1CCC(N2CC[C@H](N(C)C)C2)CC1. The summed E-state index contributed by atoms with van der Waals surface area (Å²) in [6, 6.07) is 14.9. The van der Waals surface area contributed by atoms with Crippen molar-refractivity contribution in [1.29, 1.82) is 0 Å². The third-order valence-electron chi connectivity index (χ3n) is 9.53. The number of amides is 1. The predicted molar refractivity (Wildman–Crippen MR) is 185 cm³/mol. The summed E-state index contributed by atoms with van der Waals surface area (Å²) in [4.78, 5) is 34.9. The number of methoxy groups -OCH3 is 2. The molecular weight excluding hydrogens is 596 g/mol. The van der Waals surface area contributed by atoms with Gasteiger partial charge in [-0.1, -0.05) is 18.7 Å². The largest absolute Gasteiger partial charge is 0.497 e. The van der Waals surface area contributed by atoms with Crippen LogP contribution in [0.5, 0.6) is 11.5 Å². The van der Waals surface area contributed by atoms with Crippen molar-refractivity contribution in [2.45, 2.75) is 43.8 Å². The van der Waals surface area contributed by atoms with Gasteiger partial charge >= 0.3 is 0 Å². The Bertz CT molecular complexity index is 1560. The molecule has 0 bridgehead atoms. The first-order valence-electron chi connectivity index (χ1n) is 16.3. The highest BCUT2D eigenvalue weighted by atomic mass is 16.7. The first-order valence-corrected chi connectivity index (χ1v) is 16.3. The van der Waals surface area contributed by atoms with Crippen molar-refractivity contribution < 1.29 is 19.1 Å². The van der Waals surface area contributed by atoms with Crippen molar-refractivity contribution in [3.63, 3.8) is 0 Å². The molecule has 3 saturated heterocycles. The highest BCUT2D eigenvalue weighted by Gasteiger charge is 2.33. The summed E-state index contributed by atoms with van der Waals surface area (Å²) in [5.74, 6) is 2.34. The lowest BCUT2D eigenvalue weighted by Gasteiger charge is -2.39. The van der Waals surface area contributed by atoms with E-state index in [1.165, 1.54) is 18.8 Å². The molecule has 3 aromatic rings. The van der Waals surface area contributed by atoms with Crippen LogP contribution in [0.1, 0.15) is 37.3 Å². The number of likely N-dealkylation sites (tertiary alicyclic amines) is 1. The second kappa shape index (κ2) is 14.6. The van der Waals surface area contributed by atoms with Crippen LogP contribution in [-0.2, 0) is 9.63 Å². The summed E-state index contributed by atoms with van der Waals surface area (Å²) in [5.41, 5.74) is 3.34. The number of rotatable bonds is 11. The van der Waals surface area contributed by atoms with E-state index in [0.717, 1.165) is 62.4 Å². The molecule has 47 heavy (non-hydrogen) atoms. The molecule has 3 aliphatic rings. The number of likely N-dealkylation sites (N-methyl/N-ethyl adjacent to an activating group) is 1. The number of carbonyl (C=O) groups excluding carboxylic acids is 1. The van der Waals surface area contributed by atoms with Crippen molar-refractivity contribution in [2.75, 3.05) is 81.7 Å². The van der Waals surface area contributed by atoms with Crippen LogP contribution in [0.3, 0.4) is 0 Å². The van der Waals surface area contributed by atoms with Crippen LogP contribution < -0.4 is 30.1 Å². The van der Waals surface area contributed by atoms with Crippen molar-refractivity contribution in [3.8, 4) is 11.5 Å². The minimum atomic E-state index is -0.275. The molecule has 3 aliphatic heterocycles. The Morgan fingerprint density at radius 1 is 1.02 bits per heavy atom. The minimum absolute atomic E-state index is 0.0218. The molecule has 2 N–H and O–H groups in total. The van der Waals surface area contributed by atoms with Gasteiger partial charge in [-0.05, 0) is 63.2 Å². The van der Waals surface area contributed by atoms with E-state index in [9.17, 15) is 4.79 Å². The number of anilines is 5. The number of ether oxygens (including phenoxy) is 2. The van der Waals surface area contributed by atoms with Gasteiger partial charge in [0.2, 0.25) is 5.91 Å². The number of nitrogens with zero attached hydrogens (tertiary/aromatic N) is 6. The Labute approximate surface area is 277 Å². The quantitative estimate of drug-likeness (QED) is 0.281. The molecule has 3 fully saturated rings. The molecule has 2 aromatic carbocycles. The van der Waals surface area contributed by atoms with E-state index in [2.05, 4.69) is 62.0 Å². The molecule has 0 unspecified atom stereocenters. The number of hydrogen-bond donors (Lipinski definition) is 2. The lowest BCUT2D eigenvalue weighted by Crippen LogP contribution is -2.45. The van der Waals surface area contributed by atoms with Gasteiger partial charge in [-0.15, -0.1) is 0 Å². The zero-order chi connectivity index (χ0) is 32.9. The Balaban J connectivity index is 1.21. The Kier molecular flexibility index (Phi) is 10.1. The minimum Gasteiger partial charge on any atom is -0.497 e. The molecule has 4 heterocycles. The fourth-order valence-electron chi connectivity index (χ4n) is 6.89. The summed E-state index contributed by atoms with van der Waals surface area (Å²) in [7, 11) is 7.66. The molecule has 12 heteroatoms. The van der Waals surface area contributed by atoms with E-state index in [4.69, 9.17) is 14.3 Å². The van der Waals surface area contributed by atoms with Crippen molar-refractivity contribution in [1.82, 2.24) is 19.8 Å². The van der Waals surface area contributed by atoms with Gasteiger partial charge in [-0.2, -0.15) is 0 Å². The van der Waals surface area contributed by atoms with Crippen molar-refractivity contribution >= 4 is 34.6 Å². The number of aromatic nitrogens is 2. The molecule has 0 aliphatic carbocycles. The van der Waals surface area contributed by atoms with E-state index in [1.807, 2.05) is 41.5 Å². The number of hydrogen-bond acceptors (Lipinski definition) is 11. The van der Waals surface area contributed by atoms with E-state index in [1.54, 1.807) is 14.2 Å². The van der Waals surface area contributed by atoms with Crippen molar-refractivity contribution in [2.24, 2.45) is 0 Å². The monoisotopic (exact) mass is 642 g/mol. The summed E-state index contributed by atoms with van der Waals surface area (Å²) in [5, 5.41) is 8.25. The van der Waals surface area contributed by atoms with Crippen LogP contribution in [0.25, 0.3) is 0 Å². The fourth-order valence-corrected chi connectivity index (χ4v) is 6.89. The average molecular weight is 643 g/mol. The highest BCUT2D eigenvalue weighted by Crippen LogP contribution is 2.41. The van der Waals surface area contributed by atoms with Crippen LogP contribution in [0.4, 0.5) is 28.7 Å². The molecule has 1 aromatic heterocycles. The highest BCUT2D eigenvalue weighted by molar-refractivity contribution is 6.02. The number of hydroxylamine groups is 1. The van der Waals surface area contributed by atoms with E-state index >= 15 is 0 Å². The maximum atomic E-state index is 12.6. The second-order valence-electron chi connectivity index (χ2n) is 12.5. The topological polar surface area (TPSA) is 108 Å². The maximum Gasteiger partial charge on any atom is 0.247 e. The maximum absolute atomic E-state index is 12.6. The van der Waals surface area contributed by atoms with Crippen LogP contribution in [0, 0.1) is 0 Å². The van der Waals surface area contributed by atoms with Crippen LogP contribution >= 0.6 is 0 Å². The van der Waals surface area contributed by atoms with Gasteiger partial charge < -0.3 is 29.9 Å². The lowest BCUT2D eigenvalue weighted by atomic mass is 10.0. The smallest absolute Gasteiger partial charge is 0.247 e. The summed E-state index contributed by atoms with van der Waals surface area (Å²) in [6.07, 6.45) is 6.96. The van der Waals surface area contributed by atoms with E-state index < -0.39 is 0 Å². The Morgan fingerprint density at radius 2 is 1.85 bits per heavy atom. The third-order valence-corrected chi connectivity index (χ3v) is 9.53. The normalized spacial score (nSPS) is 20.4. The van der Waals surface area contributed by atoms with Gasteiger partial charge in [0.1, 0.15) is 23.6 Å². The summed E-state index contributed by atoms with van der Waals surface area (Å²) >= 11 is 0. The predicted octanol–water partition coefficient (Wildman–Crippen LogP) is 4.85. The molecule has 12 nitrogen and oxygen atoms in total. The Hall–Kier alpha value is -4.39. The first-order chi connectivity index (χ1) is 22.9. The van der Waals surface area contributed by atoms with Gasteiger partial charge in [0.25, 0.3) is 0 Å². The molecule has 6 rings (SSSR count). The number of piperidine rings is 1. The number of carbonyl (C=O) groups is 1. The van der Waals surface area contributed by atoms with Gasteiger partial charge in [0, 0.05) is 56.8 Å². The fraction of sp³-hybridized carbons (Fsp3) is 0.457. The van der Waals surface area contributed by atoms with Crippen LogP contribution in [0.2, 0.25) is 0 Å². The Morgan fingerprint density at radius 3 is 2.57 bits per heavy atom. The zero-order valence-electron chi connectivity index (χ0n) is 27.8. The first kappa shape index (κ1) is 32.5. The zero-order valence-corrected chi connectivity index (χ0v) is 27.8.